The van der Waals surface area contributed by atoms with E-state index in [1.165, 1.54) is 0 Å². The zero-order valence-electron chi connectivity index (χ0n) is 10.1. The summed E-state index contributed by atoms with van der Waals surface area (Å²) >= 11 is 0. The highest BCUT2D eigenvalue weighted by atomic mass is 15.3. The Labute approximate surface area is 96.9 Å². The van der Waals surface area contributed by atoms with Crippen LogP contribution < -0.4 is 16.6 Å². The second-order valence-electron chi connectivity index (χ2n) is 4.86. The molecule has 1 aromatic rings. The Bertz CT molecular complexity index is 338. The van der Waals surface area contributed by atoms with Gasteiger partial charge < -0.3 is 5.32 Å². The quantitative estimate of drug-likeness (QED) is 0.309. The van der Waals surface area contributed by atoms with Crippen LogP contribution in [-0.2, 0) is 0 Å². The van der Waals surface area contributed by atoms with Gasteiger partial charge >= 0.3 is 0 Å². The molecule has 1 aromatic carbocycles. The summed E-state index contributed by atoms with van der Waals surface area (Å²) in [6, 6.07) is 9.81. The van der Waals surface area contributed by atoms with Crippen molar-refractivity contribution in [3.05, 3.63) is 30.3 Å². The highest BCUT2D eigenvalue weighted by molar-refractivity contribution is 5.93. The molecular formula is C12H20N4. The molecule has 0 spiro atoms. The molecule has 4 heteroatoms. The van der Waals surface area contributed by atoms with Gasteiger partial charge in [-0.2, -0.15) is 0 Å². The first kappa shape index (κ1) is 12.5. The van der Waals surface area contributed by atoms with Gasteiger partial charge in [0.15, 0.2) is 0 Å². The smallest absolute Gasteiger partial charge is 0.210 e. The van der Waals surface area contributed by atoms with Crippen molar-refractivity contribution in [1.29, 1.82) is 0 Å². The van der Waals surface area contributed by atoms with Crippen LogP contribution >= 0.6 is 0 Å². The van der Waals surface area contributed by atoms with E-state index in [0.29, 0.717) is 12.5 Å². The van der Waals surface area contributed by atoms with Crippen LogP contribution in [0, 0.1) is 5.41 Å². The predicted octanol–water partition coefficient (Wildman–Crippen LogP) is 1.96. The maximum absolute atomic E-state index is 5.41. The minimum absolute atomic E-state index is 0.153. The fraction of sp³-hybridized carbons (Fsp3) is 0.417. The topological polar surface area (TPSA) is 62.4 Å². The Hall–Kier alpha value is -1.55. The molecule has 88 valence electrons. The molecule has 0 amide bonds. The molecule has 1 rings (SSSR count). The van der Waals surface area contributed by atoms with Crippen LogP contribution in [0.4, 0.5) is 5.69 Å². The highest BCUT2D eigenvalue weighted by Gasteiger charge is 2.09. The molecule has 0 aliphatic carbocycles. The Kier molecular flexibility index (Phi) is 4.31. The summed E-state index contributed by atoms with van der Waals surface area (Å²) < 4.78 is 0. The molecule has 0 aromatic heterocycles. The maximum atomic E-state index is 5.41. The molecule has 0 saturated carbocycles. The Morgan fingerprint density at radius 3 is 2.38 bits per heavy atom. The molecule has 0 bridgehead atoms. The molecule has 0 heterocycles. The van der Waals surface area contributed by atoms with Gasteiger partial charge in [-0.05, 0) is 17.5 Å². The van der Waals surface area contributed by atoms with Gasteiger partial charge in [0, 0.05) is 12.2 Å². The van der Waals surface area contributed by atoms with E-state index in [4.69, 9.17) is 5.84 Å². The third-order valence-corrected chi connectivity index (χ3v) is 1.88. The van der Waals surface area contributed by atoms with Crippen LogP contribution in [0.15, 0.2) is 35.3 Å². The van der Waals surface area contributed by atoms with E-state index in [1.807, 2.05) is 30.3 Å². The lowest BCUT2D eigenvalue weighted by molar-refractivity contribution is 0.429. The van der Waals surface area contributed by atoms with Crippen molar-refractivity contribution in [2.24, 2.45) is 16.3 Å². The van der Waals surface area contributed by atoms with Crippen molar-refractivity contribution in [3.63, 3.8) is 0 Å². The average Bonchev–Trinajstić information content (AvgIpc) is 2.24. The number of hydrogen-bond donors (Lipinski definition) is 3. The van der Waals surface area contributed by atoms with E-state index in [9.17, 15) is 0 Å². The van der Waals surface area contributed by atoms with Crippen molar-refractivity contribution in [2.75, 3.05) is 11.9 Å². The monoisotopic (exact) mass is 220 g/mol. The normalized spacial score (nSPS) is 12.4. The number of guanidine groups is 1. The number of nitrogens with zero attached hydrogens (tertiary/aromatic N) is 1. The first-order chi connectivity index (χ1) is 7.51. The van der Waals surface area contributed by atoms with Crippen LogP contribution in [0.25, 0.3) is 0 Å². The highest BCUT2D eigenvalue weighted by Crippen LogP contribution is 2.13. The number of para-hydroxylation sites is 1. The fourth-order valence-corrected chi connectivity index (χ4v) is 1.10. The van der Waals surface area contributed by atoms with Gasteiger partial charge in [0.05, 0.1) is 0 Å². The minimum atomic E-state index is 0.153. The zero-order chi connectivity index (χ0) is 12.0. The number of hydrazine groups is 1. The molecule has 4 N–H and O–H groups in total. The van der Waals surface area contributed by atoms with E-state index in [1.54, 1.807) is 0 Å². The molecule has 0 aliphatic heterocycles. The van der Waals surface area contributed by atoms with Crippen molar-refractivity contribution >= 4 is 11.6 Å². The number of nitrogens with one attached hydrogen (secondary N) is 2. The molecule has 0 saturated heterocycles. The van der Waals surface area contributed by atoms with Crippen LogP contribution in [0.2, 0.25) is 0 Å². The van der Waals surface area contributed by atoms with Gasteiger partial charge in [-0.3, -0.25) is 10.4 Å². The molecule has 0 radical (unpaired) electrons. The second kappa shape index (κ2) is 5.51. The van der Waals surface area contributed by atoms with Gasteiger partial charge in [0.2, 0.25) is 5.96 Å². The standard InChI is InChI=1S/C12H20N4/c1-12(2,3)9-14-11(16-13)15-10-7-5-4-6-8-10/h4-8H,9,13H2,1-3H3,(H2,14,15,16). The first-order valence-corrected chi connectivity index (χ1v) is 5.34. The summed E-state index contributed by atoms with van der Waals surface area (Å²) in [5, 5.41) is 3.12. The third-order valence-electron chi connectivity index (χ3n) is 1.88. The predicted molar refractivity (Wildman–Crippen MR) is 69.1 cm³/mol. The molecule has 0 atom stereocenters. The van der Waals surface area contributed by atoms with E-state index in [0.717, 1.165) is 5.69 Å². The van der Waals surface area contributed by atoms with Gasteiger partial charge in [-0.15, -0.1) is 0 Å². The molecule has 0 unspecified atom stereocenters. The van der Waals surface area contributed by atoms with Gasteiger partial charge in [-0.1, -0.05) is 39.0 Å². The molecule has 16 heavy (non-hydrogen) atoms. The molecule has 0 aliphatic rings. The van der Waals surface area contributed by atoms with E-state index in [2.05, 4.69) is 36.5 Å². The average molecular weight is 220 g/mol. The largest absolute Gasteiger partial charge is 0.325 e. The Morgan fingerprint density at radius 2 is 1.88 bits per heavy atom. The lowest BCUT2D eigenvalue weighted by Gasteiger charge is -2.16. The van der Waals surface area contributed by atoms with E-state index >= 15 is 0 Å². The summed E-state index contributed by atoms with van der Waals surface area (Å²) in [4.78, 5) is 4.38. The molecular weight excluding hydrogens is 200 g/mol. The summed E-state index contributed by atoms with van der Waals surface area (Å²) in [5.41, 5.74) is 3.68. The number of aliphatic imine (C=N–C) groups is 1. The summed E-state index contributed by atoms with van der Waals surface area (Å²) in [7, 11) is 0. The fourth-order valence-electron chi connectivity index (χ4n) is 1.10. The lowest BCUT2D eigenvalue weighted by atomic mass is 9.97. The zero-order valence-corrected chi connectivity index (χ0v) is 10.1. The number of hydrogen-bond acceptors (Lipinski definition) is 2. The first-order valence-electron chi connectivity index (χ1n) is 5.34. The third kappa shape index (κ3) is 4.79. The van der Waals surface area contributed by atoms with Crippen molar-refractivity contribution in [1.82, 2.24) is 5.43 Å². The lowest BCUT2D eigenvalue weighted by Crippen LogP contribution is -2.37. The van der Waals surface area contributed by atoms with Crippen LogP contribution in [-0.4, -0.2) is 12.5 Å². The molecule has 4 nitrogen and oxygen atoms in total. The summed E-state index contributed by atoms with van der Waals surface area (Å²) in [6.45, 7) is 7.11. The Balaban J connectivity index is 2.62. The maximum Gasteiger partial charge on any atom is 0.210 e. The minimum Gasteiger partial charge on any atom is -0.325 e. The van der Waals surface area contributed by atoms with Gasteiger partial charge in [0.25, 0.3) is 0 Å². The second-order valence-corrected chi connectivity index (χ2v) is 4.86. The van der Waals surface area contributed by atoms with Crippen molar-refractivity contribution < 1.29 is 0 Å². The SMILES string of the molecule is CC(C)(C)CN=C(NN)Nc1ccccc1. The number of nitrogens with two attached hydrogens (primary N) is 1. The number of rotatable bonds is 2. The summed E-state index contributed by atoms with van der Waals surface area (Å²) in [5.74, 6) is 5.99. The Morgan fingerprint density at radius 1 is 1.25 bits per heavy atom. The van der Waals surface area contributed by atoms with Crippen LogP contribution in [0.3, 0.4) is 0 Å². The summed E-state index contributed by atoms with van der Waals surface area (Å²) in [6.07, 6.45) is 0. The van der Waals surface area contributed by atoms with Gasteiger partial charge in [-0.25, -0.2) is 5.84 Å². The van der Waals surface area contributed by atoms with Gasteiger partial charge in [0.1, 0.15) is 0 Å². The van der Waals surface area contributed by atoms with Crippen molar-refractivity contribution in [2.45, 2.75) is 20.8 Å². The van der Waals surface area contributed by atoms with Crippen LogP contribution in [0.1, 0.15) is 20.8 Å². The molecule has 0 fully saturated rings. The number of benzene rings is 1. The number of anilines is 1. The van der Waals surface area contributed by atoms with Crippen molar-refractivity contribution in [3.8, 4) is 0 Å². The van der Waals surface area contributed by atoms with Crippen LogP contribution in [0.5, 0.6) is 0 Å². The van der Waals surface area contributed by atoms with E-state index < -0.39 is 0 Å². The van der Waals surface area contributed by atoms with E-state index in [-0.39, 0.29) is 5.41 Å².